The molecule has 0 aliphatic carbocycles. The third-order valence-corrected chi connectivity index (χ3v) is 3.25. The smallest absolute Gasteiger partial charge is 0.265 e. The third-order valence-electron chi connectivity index (χ3n) is 2.15. The average Bonchev–Trinajstić information content (AvgIpc) is 2.32. The lowest BCUT2D eigenvalue weighted by molar-refractivity contribution is 0.148. The Morgan fingerprint density at radius 3 is 2.47 bits per heavy atom. The number of benzene rings is 1. The van der Waals surface area contributed by atoms with Crippen LogP contribution in [0.2, 0.25) is 0 Å². The Balaban J connectivity index is 2.33. The van der Waals surface area contributed by atoms with Crippen LogP contribution >= 0.6 is 11.8 Å². The molecule has 2 rings (SSSR count). The first-order valence-electron chi connectivity index (χ1n) is 4.92. The van der Waals surface area contributed by atoms with Gasteiger partial charge in [-0.05, 0) is 30.3 Å². The van der Waals surface area contributed by atoms with E-state index in [4.69, 9.17) is 5.73 Å². The number of halogens is 2. The molecule has 0 radical (unpaired) electrons. The van der Waals surface area contributed by atoms with Crippen LogP contribution in [0.1, 0.15) is 12.0 Å². The van der Waals surface area contributed by atoms with Crippen molar-refractivity contribution >= 4 is 17.4 Å². The van der Waals surface area contributed by atoms with Crippen LogP contribution < -0.4 is 5.73 Å². The van der Waals surface area contributed by atoms with Crippen LogP contribution in [-0.4, -0.2) is 4.98 Å². The molecule has 5 heteroatoms. The van der Waals surface area contributed by atoms with E-state index in [1.807, 2.05) is 0 Å². The van der Waals surface area contributed by atoms with E-state index >= 15 is 0 Å². The van der Waals surface area contributed by atoms with Gasteiger partial charge in [0, 0.05) is 33.4 Å². The minimum atomic E-state index is -2.53. The SMILES string of the molecule is Nc1ccc(Sc2ccncc2)c(C(F)F)c1. The molecule has 2 nitrogen and oxygen atoms in total. The van der Waals surface area contributed by atoms with Gasteiger partial charge in [0.15, 0.2) is 0 Å². The number of hydrogen-bond donors (Lipinski definition) is 1. The molecule has 0 aliphatic heterocycles. The second kappa shape index (κ2) is 5.14. The molecule has 0 aliphatic rings. The fourth-order valence-corrected chi connectivity index (χ4v) is 2.28. The molecule has 2 N–H and O–H groups in total. The van der Waals surface area contributed by atoms with Crippen molar-refractivity contribution in [1.82, 2.24) is 4.98 Å². The van der Waals surface area contributed by atoms with E-state index in [0.29, 0.717) is 10.6 Å². The summed E-state index contributed by atoms with van der Waals surface area (Å²) in [6, 6.07) is 8.10. The van der Waals surface area contributed by atoms with Gasteiger partial charge in [-0.2, -0.15) is 0 Å². The highest BCUT2D eigenvalue weighted by atomic mass is 32.2. The highest BCUT2D eigenvalue weighted by molar-refractivity contribution is 7.99. The summed E-state index contributed by atoms with van der Waals surface area (Å²) in [4.78, 5) is 5.26. The lowest BCUT2D eigenvalue weighted by Crippen LogP contribution is -1.92. The summed E-state index contributed by atoms with van der Waals surface area (Å²) < 4.78 is 25.7. The predicted octanol–water partition coefficient (Wildman–Crippen LogP) is 3.75. The average molecular weight is 252 g/mol. The van der Waals surface area contributed by atoms with Crippen molar-refractivity contribution in [2.45, 2.75) is 16.2 Å². The molecule has 1 heterocycles. The van der Waals surface area contributed by atoms with Crippen molar-refractivity contribution in [3.8, 4) is 0 Å². The molecule has 17 heavy (non-hydrogen) atoms. The number of nitrogen functional groups attached to an aromatic ring is 1. The number of hydrogen-bond acceptors (Lipinski definition) is 3. The zero-order valence-corrected chi connectivity index (χ0v) is 9.62. The maximum Gasteiger partial charge on any atom is 0.265 e. The summed E-state index contributed by atoms with van der Waals surface area (Å²) in [5.41, 5.74) is 5.82. The Hall–Kier alpha value is -1.62. The molecule has 0 fully saturated rings. The van der Waals surface area contributed by atoms with Gasteiger partial charge in [0.05, 0.1) is 0 Å². The first kappa shape index (κ1) is 11.9. The summed E-state index contributed by atoms with van der Waals surface area (Å²) in [5, 5.41) is 0. The second-order valence-corrected chi connectivity index (χ2v) is 4.50. The summed E-state index contributed by atoms with van der Waals surface area (Å²) in [6.07, 6.45) is 0.728. The van der Waals surface area contributed by atoms with Crippen molar-refractivity contribution in [3.05, 3.63) is 48.3 Å². The quantitative estimate of drug-likeness (QED) is 0.845. The molecule has 0 bridgehead atoms. The zero-order valence-electron chi connectivity index (χ0n) is 8.81. The van der Waals surface area contributed by atoms with Gasteiger partial charge in [0.25, 0.3) is 6.43 Å². The van der Waals surface area contributed by atoms with Crippen molar-refractivity contribution in [2.24, 2.45) is 0 Å². The van der Waals surface area contributed by atoms with Gasteiger partial charge in [-0.3, -0.25) is 4.98 Å². The summed E-state index contributed by atoms with van der Waals surface area (Å²) in [5.74, 6) is 0. The van der Waals surface area contributed by atoms with Gasteiger partial charge in [0.1, 0.15) is 0 Å². The number of nitrogens with zero attached hydrogens (tertiary/aromatic N) is 1. The molecular formula is C12H10F2N2S. The normalized spacial score (nSPS) is 10.8. The molecule has 0 spiro atoms. The van der Waals surface area contributed by atoms with Gasteiger partial charge >= 0.3 is 0 Å². The molecule has 0 amide bonds. The topological polar surface area (TPSA) is 38.9 Å². The van der Waals surface area contributed by atoms with Crippen molar-refractivity contribution in [2.75, 3.05) is 5.73 Å². The van der Waals surface area contributed by atoms with Gasteiger partial charge in [-0.15, -0.1) is 0 Å². The molecule has 1 aromatic heterocycles. The van der Waals surface area contributed by atoms with Crippen LogP contribution in [0.25, 0.3) is 0 Å². The van der Waals surface area contributed by atoms with E-state index in [9.17, 15) is 8.78 Å². The summed E-state index contributed by atoms with van der Waals surface area (Å²) in [6.45, 7) is 0. The van der Waals surface area contributed by atoms with Crippen LogP contribution in [-0.2, 0) is 0 Å². The van der Waals surface area contributed by atoms with E-state index < -0.39 is 6.43 Å². The van der Waals surface area contributed by atoms with Gasteiger partial charge in [0.2, 0.25) is 0 Å². The molecule has 1 aromatic carbocycles. The Morgan fingerprint density at radius 2 is 1.82 bits per heavy atom. The summed E-state index contributed by atoms with van der Waals surface area (Å²) >= 11 is 1.28. The lowest BCUT2D eigenvalue weighted by Gasteiger charge is -2.09. The van der Waals surface area contributed by atoms with Crippen molar-refractivity contribution in [1.29, 1.82) is 0 Å². The van der Waals surface area contributed by atoms with Crippen LogP contribution in [0.5, 0.6) is 0 Å². The summed E-state index contributed by atoms with van der Waals surface area (Å²) in [7, 11) is 0. The predicted molar refractivity (Wildman–Crippen MR) is 64.2 cm³/mol. The Labute approximate surface area is 102 Å². The Kier molecular flexibility index (Phi) is 3.58. The van der Waals surface area contributed by atoms with Crippen LogP contribution in [0.15, 0.2) is 52.5 Å². The molecular weight excluding hydrogens is 242 g/mol. The molecule has 0 saturated heterocycles. The van der Waals surface area contributed by atoms with Gasteiger partial charge < -0.3 is 5.73 Å². The highest BCUT2D eigenvalue weighted by Gasteiger charge is 2.14. The molecule has 2 aromatic rings. The Morgan fingerprint density at radius 1 is 1.12 bits per heavy atom. The largest absolute Gasteiger partial charge is 0.399 e. The highest BCUT2D eigenvalue weighted by Crippen LogP contribution is 2.35. The molecule has 0 unspecified atom stereocenters. The van der Waals surface area contributed by atoms with Gasteiger partial charge in [-0.1, -0.05) is 11.8 Å². The van der Waals surface area contributed by atoms with Crippen LogP contribution in [0.4, 0.5) is 14.5 Å². The van der Waals surface area contributed by atoms with E-state index in [1.54, 1.807) is 36.7 Å². The molecule has 0 atom stereocenters. The lowest BCUT2D eigenvalue weighted by atomic mass is 10.2. The Bertz CT molecular complexity index is 503. The molecule has 0 saturated carbocycles. The zero-order chi connectivity index (χ0) is 12.3. The van der Waals surface area contributed by atoms with Crippen molar-refractivity contribution < 1.29 is 8.78 Å². The standard InChI is InChI=1S/C12H10F2N2S/c13-12(14)10-7-8(15)1-2-11(10)17-9-3-5-16-6-4-9/h1-7,12H,15H2. The minimum Gasteiger partial charge on any atom is -0.399 e. The monoisotopic (exact) mass is 252 g/mol. The maximum absolute atomic E-state index is 12.8. The second-order valence-electron chi connectivity index (χ2n) is 3.38. The first-order chi connectivity index (χ1) is 8.16. The van der Waals surface area contributed by atoms with Gasteiger partial charge in [-0.25, -0.2) is 8.78 Å². The maximum atomic E-state index is 12.8. The van der Waals surface area contributed by atoms with E-state index in [1.165, 1.54) is 17.8 Å². The van der Waals surface area contributed by atoms with Crippen LogP contribution in [0.3, 0.4) is 0 Å². The number of pyridine rings is 1. The number of aromatic nitrogens is 1. The number of alkyl halides is 2. The van der Waals surface area contributed by atoms with Crippen LogP contribution in [0, 0.1) is 0 Å². The number of rotatable bonds is 3. The number of nitrogens with two attached hydrogens (primary N) is 1. The van der Waals surface area contributed by atoms with E-state index in [-0.39, 0.29) is 5.56 Å². The minimum absolute atomic E-state index is 0.0354. The molecule has 88 valence electrons. The fraction of sp³-hybridized carbons (Fsp3) is 0.0833. The van der Waals surface area contributed by atoms with Crippen molar-refractivity contribution in [3.63, 3.8) is 0 Å². The van der Waals surface area contributed by atoms with E-state index in [0.717, 1.165) is 4.90 Å². The third kappa shape index (κ3) is 2.94. The first-order valence-corrected chi connectivity index (χ1v) is 5.74. The fourth-order valence-electron chi connectivity index (χ4n) is 1.36. The number of anilines is 1. The van der Waals surface area contributed by atoms with E-state index in [2.05, 4.69) is 4.98 Å².